The summed E-state index contributed by atoms with van der Waals surface area (Å²) in [5, 5.41) is 19.1. The second kappa shape index (κ2) is 3.50. The molecular weight excluding hydrogens is 232 g/mol. The first-order valence-electron chi connectivity index (χ1n) is 4.57. The van der Waals surface area contributed by atoms with Gasteiger partial charge >= 0.3 is 0 Å². The molecular formula is C10H10O5S. The predicted octanol–water partition coefficient (Wildman–Crippen LogP) is 1.46. The van der Waals surface area contributed by atoms with Gasteiger partial charge in [0, 0.05) is 11.8 Å². The van der Waals surface area contributed by atoms with Gasteiger partial charge in [0.1, 0.15) is 11.5 Å². The van der Waals surface area contributed by atoms with Crippen LogP contribution in [0.2, 0.25) is 0 Å². The van der Waals surface area contributed by atoms with E-state index in [1.807, 2.05) is 0 Å². The minimum absolute atomic E-state index is 0.0460. The first-order valence-corrected chi connectivity index (χ1v) is 6.01. The maximum absolute atomic E-state index is 10.9. The van der Waals surface area contributed by atoms with Crippen LogP contribution in [-0.4, -0.2) is 23.2 Å². The fraction of sp³-hybridized carbons (Fsp3) is 0.200. The van der Waals surface area contributed by atoms with Crippen molar-refractivity contribution >= 4 is 10.1 Å². The molecule has 2 aliphatic rings. The molecule has 0 bridgehead atoms. The summed E-state index contributed by atoms with van der Waals surface area (Å²) in [5.41, 5.74) is 0. The average molecular weight is 242 g/mol. The van der Waals surface area contributed by atoms with Crippen LogP contribution in [0.4, 0.5) is 0 Å². The second-order valence-corrected chi connectivity index (χ2v) is 5.06. The maximum Gasteiger partial charge on any atom is 0.294 e. The van der Waals surface area contributed by atoms with Crippen molar-refractivity contribution in [1.82, 2.24) is 0 Å². The van der Waals surface area contributed by atoms with Crippen molar-refractivity contribution in [3.63, 3.8) is 0 Å². The van der Waals surface area contributed by atoms with Crippen LogP contribution < -0.4 is 0 Å². The summed E-state index contributed by atoms with van der Waals surface area (Å²) in [6.45, 7) is 0. The number of aliphatic hydroxyl groups is 2. The molecule has 0 aromatic rings. The molecule has 2 unspecified atom stereocenters. The first kappa shape index (κ1) is 11.0. The highest BCUT2D eigenvalue weighted by molar-refractivity contribution is 7.90. The molecule has 0 aliphatic heterocycles. The third kappa shape index (κ3) is 1.77. The number of hydrogen-bond acceptors (Lipinski definition) is 4. The monoisotopic (exact) mass is 242 g/mol. The Hall–Kier alpha value is -1.53. The third-order valence-electron chi connectivity index (χ3n) is 2.60. The molecule has 0 heterocycles. The number of allylic oxidation sites excluding steroid dienone is 5. The normalized spacial score (nSPS) is 28.9. The quantitative estimate of drug-likeness (QED) is 0.605. The number of aliphatic hydroxyl groups excluding tert-OH is 2. The van der Waals surface area contributed by atoms with Crippen LogP contribution in [0.15, 0.2) is 46.8 Å². The fourth-order valence-electron chi connectivity index (χ4n) is 1.77. The van der Waals surface area contributed by atoms with E-state index < -0.39 is 22.0 Å². The highest BCUT2D eigenvalue weighted by atomic mass is 32.2. The summed E-state index contributed by atoms with van der Waals surface area (Å²) < 4.78 is 30.7. The van der Waals surface area contributed by atoms with Crippen molar-refractivity contribution in [3.8, 4) is 0 Å². The van der Waals surface area contributed by atoms with Gasteiger partial charge in [-0.25, -0.2) is 0 Å². The van der Waals surface area contributed by atoms with Gasteiger partial charge in [-0.05, 0) is 18.2 Å². The highest BCUT2D eigenvalue weighted by Gasteiger charge is 2.31. The molecule has 0 radical (unpaired) electrons. The van der Waals surface area contributed by atoms with E-state index in [4.69, 9.17) is 4.55 Å². The topological polar surface area (TPSA) is 94.8 Å². The van der Waals surface area contributed by atoms with Gasteiger partial charge < -0.3 is 10.2 Å². The minimum atomic E-state index is -4.28. The lowest BCUT2D eigenvalue weighted by Gasteiger charge is -2.26. The zero-order valence-electron chi connectivity index (χ0n) is 8.11. The van der Waals surface area contributed by atoms with Gasteiger partial charge in [-0.1, -0.05) is 12.2 Å². The van der Waals surface area contributed by atoms with Crippen LogP contribution in [0.3, 0.4) is 0 Å². The van der Waals surface area contributed by atoms with Crippen LogP contribution in [-0.2, 0) is 10.1 Å². The molecule has 0 saturated carbocycles. The zero-order chi connectivity index (χ0) is 11.9. The number of hydrogen-bond donors (Lipinski definition) is 3. The molecule has 2 atom stereocenters. The van der Waals surface area contributed by atoms with Gasteiger partial charge in [-0.3, -0.25) is 4.55 Å². The van der Waals surface area contributed by atoms with Crippen molar-refractivity contribution < 1.29 is 23.2 Å². The summed E-state index contributed by atoms with van der Waals surface area (Å²) in [6.07, 6.45) is 6.51. The van der Waals surface area contributed by atoms with Gasteiger partial charge in [-0.2, -0.15) is 8.42 Å². The Morgan fingerprint density at radius 3 is 2.19 bits per heavy atom. The molecule has 5 nitrogen and oxygen atoms in total. The molecule has 0 saturated heterocycles. The van der Waals surface area contributed by atoms with Crippen LogP contribution in [0.25, 0.3) is 0 Å². The van der Waals surface area contributed by atoms with Gasteiger partial charge in [0.2, 0.25) is 0 Å². The Kier molecular flexibility index (Phi) is 2.40. The average Bonchev–Trinajstić information content (AvgIpc) is 2.22. The molecule has 0 aromatic heterocycles. The predicted molar refractivity (Wildman–Crippen MR) is 57.2 cm³/mol. The third-order valence-corrected chi connectivity index (χ3v) is 3.47. The molecule has 2 aliphatic carbocycles. The molecule has 0 aromatic carbocycles. The molecule has 86 valence electrons. The summed E-state index contributed by atoms with van der Waals surface area (Å²) in [4.78, 5) is -0.275. The van der Waals surface area contributed by atoms with Crippen molar-refractivity contribution in [1.29, 1.82) is 0 Å². The van der Waals surface area contributed by atoms with E-state index >= 15 is 0 Å². The number of fused-ring (bicyclic) bond motifs is 1. The smallest absolute Gasteiger partial charge is 0.294 e. The Morgan fingerprint density at radius 1 is 1.06 bits per heavy atom. The van der Waals surface area contributed by atoms with Gasteiger partial charge in [-0.15, -0.1) is 0 Å². The zero-order valence-corrected chi connectivity index (χ0v) is 8.92. The Morgan fingerprint density at radius 2 is 1.62 bits per heavy atom. The van der Waals surface area contributed by atoms with Crippen LogP contribution in [0, 0.1) is 11.8 Å². The van der Waals surface area contributed by atoms with Crippen LogP contribution in [0.1, 0.15) is 0 Å². The van der Waals surface area contributed by atoms with Crippen molar-refractivity contribution in [3.05, 3.63) is 46.8 Å². The Labute approximate surface area is 92.5 Å². The van der Waals surface area contributed by atoms with Crippen LogP contribution >= 0.6 is 0 Å². The summed E-state index contributed by atoms with van der Waals surface area (Å²) in [7, 11) is -4.28. The standard InChI is InChI=1S/C10H10O5S/c11-9-3-4-10(12)8-5-6(16(13,14)15)1-2-7(8)9/h1-5,7-8,11-12H,(H,13,14,15). The molecule has 0 amide bonds. The Bertz CT molecular complexity index is 536. The second-order valence-electron chi connectivity index (χ2n) is 3.64. The SMILES string of the molecule is O=S(=O)(O)C1=CC2C(O)=CC=C(O)C2C=C1. The summed E-state index contributed by atoms with van der Waals surface area (Å²) in [6, 6.07) is 0. The molecule has 2 rings (SSSR count). The van der Waals surface area contributed by atoms with Gasteiger partial charge in [0.15, 0.2) is 0 Å². The van der Waals surface area contributed by atoms with E-state index in [9.17, 15) is 18.6 Å². The maximum atomic E-state index is 10.9. The minimum Gasteiger partial charge on any atom is -0.512 e. The lowest BCUT2D eigenvalue weighted by Crippen LogP contribution is -2.22. The lowest BCUT2D eigenvalue weighted by molar-refractivity contribution is 0.272. The van der Waals surface area contributed by atoms with E-state index in [1.54, 1.807) is 0 Å². The van der Waals surface area contributed by atoms with E-state index in [1.165, 1.54) is 30.4 Å². The summed E-state index contributed by atoms with van der Waals surface area (Å²) in [5.74, 6) is -1.12. The Balaban J connectivity index is 2.44. The molecule has 0 fully saturated rings. The van der Waals surface area contributed by atoms with E-state index in [-0.39, 0.29) is 16.4 Å². The van der Waals surface area contributed by atoms with E-state index in [0.717, 1.165) is 0 Å². The first-order chi connectivity index (χ1) is 7.39. The molecule has 3 N–H and O–H groups in total. The molecule has 6 heteroatoms. The lowest BCUT2D eigenvalue weighted by atomic mass is 9.82. The van der Waals surface area contributed by atoms with Crippen molar-refractivity contribution in [2.75, 3.05) is 0 Å². The number of rotatable bonds is 1. The summed E-state index contributed by atoms with van der Waals surface area (Å²) >= 11 is 0. The van der Waals surface area contributed by atoms with Crippen LogP contribution in [0.5, 0.6) is 0 Å². The largest absolute Gasteiger partial charge is 0.512 e. The van der Waals surface area contributed by atoms with Gasteiger partial charge in [0.25, 0.3) is 10.1 Å². The highest BCUT2D eigenvalue weighted by Crippen LogP contribution is 2.35. The van der Waals surface area contributed by atoms with Gasteiger partial charge in [0.05, 0.1) is 4.91 Å². The molecule has 0 spiro atoms. The molecule has 16 heavy (non-hydrogen) atoms. The van der Waals surface area contributed by atoms with E-state index in [0.29, 0.717) is 0 Å². The van der Waals surface area contributed by atoms with Crippen molar-refractivity contribution in [2.24, 2.45) is 11.8 Å². The fourth-order valence-corrected chi connectivity index (χ4v) is 2.34. The van der Waals surface area contributed by atoms with Crippen molar-refractivity contribution in [2.45, 2.75) is 0 Å². The van der Waals surface area contributed by atoms with E-state index in [2.05, 4.69) is 0 Å².